The van der Waals surface area contributed by atoms with Crippen molar-refractivity contribution in [2.24, 2.45) is 17.4 Å². The van der Waals surface area contributed by atoms with Gasteiger partial charge < -0.3 is 26.8 Å². The van der Waals surface area contributed by atoms with E-state index in [0.29, 0.717) is 6.10 Å². The predicted octanol–water partition coefficient (Wildman–Crippen LogP) is 8.99. The molecule has 0 bridgehead atoms. The van der Waals surface area contributed by atoms with Crippen LogP contribution in [0.4, 0.5) is 0 Å². The fourth-order valence-corrected chi connectivity index (χ4v) is 5.35. The van der Waals surface area contributed by atoms with Gasteiger partial charge in [-0.1, -0.05) is 93.7 Å². The standard InChI is InChI=1S/C19H39N3OS.C11H25NS.2C2H6/c1-5-15-24-16-7-6-8-19(4)23-14-13-22-18(3)10-12-21-11-9-17(2)20;1-3-6-11(2)7-4-5-9-13-10-8-12;2*1-2/h19,21-22H,2-3,5-16,20H2,1,4H3;11H,3-10,12H2,1-2H3;2*1-2H3. The molecule has 0 aliphatic rings. The van der Waals surface area contributed by atoms with Gasteiger partial charge in [0, 0.05) is 43.3 Å². The van der Waals surface area contributed by atoms with E-state index in [2.05, 4.69) is 63.2 Å². The Labute approximate surface area is 268 Å². The summed E-state index contributed by atoms with van der Waals surface area (Å²) >= 11 is 4.06. The maximum absolute atomic E-state index is 5.84. The summed E-state index contributed by atoms with van der Waals surface area (Å²) < 4.78 is 5.84. The number of unbranched alkanes of at least 4 members (excludes halogenated alkanes) is 2. The lowest BCUT2D eigenvalue weighted by atomic mass is 10.00. The Kier molecular flexibility index (Phi) is 51.2. The van der Waals surface area contributed by atoms with Crippen molar-refractivity contribution in [3.63, 3.8) is 0 Å². The van der Waals surface area contributed by atoms with Gasteiger partial charge in [-0.2, -0.15) is 23.5 Å². The minimum atomic E-state index is 0.349. The number of ether oxygens (including phenoxy) is 1. The Bertz CT molecular complexity index is 495. The van der Waals surface area contributed by atoms with Crippen molar-refractivity contribution in [2.75, 3.05) is 55.8 Å². The minimum absolute atomic E-state index is 0.349. The fourth-order valence-electron chi connectivity index (χ4n) is 3.67. The Morgan fingerprint density at radius 1 is 0.756 bits per heavy atom. The molecule has 0 aliphatic carbocycles. The van der Waals surface area contributed by atoms with Gasteiger partial charge in [-0.15, -0.1) is 0 Å². The molecule has 41 heavy (non-hydrogen) atoms. The van der Waals surface area contributed by atoms with E-state index in [1.54, 1.807) is 0 Å². The zero-order chi connectivity index (χ0) is 32.0. The molecule has 0 amide bonds. The molecule has 250 valence electrons. The average molecular weight is 621 g/mol. The minimum Gasteiger partial charge on any atom is -0.402 e. The summed E-state index contributed by atoms with van der Waals surface area (Å²) in [5.41, 5.74) is 12.7. The average Bonchev–Trinajstić information content (AvgIpc) is 2.97. The molecule has 5 nitrogen and oxygen atoms in total. The van der Waals surface area contributed by atoms with Gasteiger partial charge in [0.1, 0.15) is 0 Å². The highest BCUT2D eigenvalue weighted by Crippen LogP contribution is 2.15. The van der Waals surface area contributed by atoms with Crippen LogP contribution in [0, 0.1) is 5.92 Å². The van der Waals surface area contributed by atoms with Gasteiger partial charge in [0.15, 0.2) is 0 Å². The third-order valence-electron chi connectivity index (χ3n) is 5.88. The van der Waals surface area contributed by atoms with E-state index >= 15 is 0 Å². The van der Waals surface area contributed by atoms with Crippen LogP contribution < -0.4 is 22.1 Å². The van der Waals surface area contributed by atoms with Crippen molar-refractivity contribution in [1.82, 2.24) is 10.6 Å². The van der Waals surface area contributed by atoms with Crippen molar-refractivity contribution < 1.29 is 4.74 Å². The first kappa shape index (κ1) is 47.6. The van der Waals surface area contributed by atoms with Crippen LogP contribution in [0.3, 0.4) is 0 Å². The normalized spacial score (nSPS) is 11.5. The second kappa shape index (κ2) is 44.1. The number of rotatable bonds is 27. The topological polar surface area (TPSA) is 85.3 Å². The summed E-state index contributed by atoms with van der Waals surface area (Å²) in [5.74, 6) is 5.94. The number of hydrogen-bond acceptors (Lipinski definition) is 7. The van der Waals surface area contributed by atoms with Gasteiger partial charge in [-0.05, 0) is 68.6 Å². The van der Waals surface area contributed by atoms with Crippen molar-refractivity contribution in [3.8, 4) is 0 Å². The molecule has 0 fully saturated rings. The van der Waals surface area contributed by atoms with Crippen LogP contribution in [0.5, 0.6) is 0 Å². The number of thioether (sulfide) groups is 2. The number of hydrogen-bond donors (Lipinski definition) is 4. The molecule has 2 unspecified atom stereocenters. The van der Waals surface area contributed by atoms with E-state index in [-0.39, 0.29) is 0 Å². The summed E-state index contributed by atoms with van der Waals surface area (Å²) in [5, 5.41) is 6.65. The molecule has 0 radical (unpaired) electrons. The van der Waals surface area contributed by atoms with E-state index in [9.17, 15) is 0 Å². The molecule has 0 rings (SSSR count). The first-order chi connectivity index (χ1) is 19.9. The lowest BCUT2D eigenvalue weighted by molar-refractivity contribution is 0.0617. The SMILES string of the molecule is C=C(N)CCNCCC(=C)NCCOC(C)CCCCSCCC.CC.CC.CCCC(C)CCCCSCCN. The van der Waals surface area contributed by atoms with Crippen LogP contribution in [0.15, 0.2) is 24.6 Å². The second-order valence-corrected chi connectivity index (χ2v) is 12.5. The smallest absolute Gasteiger partial charge is 0.0642 e. The summed E-state index contributed by atoms with van der Waals surface area (Å²) in [6.45, 7) is 29.0. The predicted molar refractivity (Wildman–Crippen MR) is 196 cm³/mol. The van der Waals surface area contributed by atoms with Gasteiger partial charge in [0.2, 0.25) is 0 Å². The van der Waals surface area contributed by atoms with E-state index in [1.165, 1.54) is 68.6 Å². The highest BCUT2D eigenvalue weighted by molar-refractivity contribution is 7.99. The molecular formula is C34H76N4OS2. The molecule has 0 spiro atoms. The van der Waals surface area contributed by atoms with E-state index in [0.717, 1.165) is 75.1 Å². The first-order valence-corrected chi connectivity index (χ1v) is 19.2. The summed E-state index contributed by atoms with van der Waals surface area (Å²) in [7, 11) is 0. The molecule has 0 saturated carbocycles. The summed E-state index contributed by atoms with van der Waals surface area (Å²) in [6, 6.07) is 0. The highest BCUT2D eigenvalue weighted by atomic mass is 32.2. The van der Waals surface area contributed by atoms with Crippen LogP contribution in [0.1, 0.15) is 126 Å². The Morgan fingerprint density at radius 2 is 1.34 bits per heavy atom. The molecule has 0 aromatic heterocycles. The molecule has 6 N–H and O–H groups in total. The highest BCUT2D eigenvalue weighted by Gasteiger charge is 2.02. The largest absolute Gasteiger partial charge is 0.402 e. The van der Waals surface area contributed by atoms with Gasteiger partial charge in [-0.3, -0.25) is 0 Å². The molecule has 0 aliphatic heterocycles. The Morgan fingerprint density at radius 3 is 1.90 bits per heavy atom. The van der Waals surface area contributed by atoms with Gasteiger partial charge in [0.05, 0.1) is 12.7 Å². The van der Waals surface area contributed by atoms with Crippen molar-refractivity contribution >= 4 is 23.5 Å². The monoisotopic (exact) mass is 621 g/mol. The van der Waals surface area contributed by atoms with E-state index in [1.807, 2.05) is 39.5 Å². The van der Waals surface area contributed by atoms with Crippen LogP contribution in [0.2, 0.25) is 0 Å². The third kappa shape index (κ3) is 49.6. The fraction of sp³-hybridized carbons (Fsp3) is 0.882. The van der Waals surface area contributed by atoms with Crippen molar-refractivity contribution in [2.45, 2.75) is 132 Å². The lowest BCUT2D eigenvalue weighted by Gasteiger charge is -2.15. The van der Waals surface area contributed by atoms with E-state index in [4.69, 9.17) is 16.2 Å². The maximum Gasteiger partial charge on any atom is 0.0642 e. The number of nitrogens with two attached hydrogens (primary N) is 2. The van der Waals surface area contributed by atoms with Gasteiger partial charge in [0.25, 0.3) is 0 Å². The Hall–Kier alpha value is -0.340. The van der Waals surface area contributed by atoms with Gasteiger partial charge in [-0.25, -0.2) is 0 Å². The quantitative estimate of drug-likeness (QED) is 0.0682. The molecular weight excluding hydrogens is 545 g/mol. The van der Waals surface area contributed by atoms with Gasteiger partial charge >= 0.3 is 0 Å². The van der Waals surface area contributed by atoms with Crippen LogP contribution in [0.25, 0.3) is 0 Å². The first-order valence-electron chi connectivity index (χ1n) is 16.9. The molecule has 7 heteroatoms. The number of nitrogens with one attached hydrogen (secondary N) is 2. The molecule has 0 heterocycles. The van der Waals surface area contributed by atoms with E-state index < -0.39 is 0 Å². The van der Waals surface area contributed by atoms with Crippen LogP contribution in [-0.4, -0.2) is 61.9 Å². The zero-order valence-corrected chi connectivity index (χ0v) is 30.7. The molecule has 0 aromatic carbocycles. The molecule has 0 aromatic rings. The van der Waals surface area contributed by atoms with Crippen molar-refractivity contribution in [1.29, 1.82) is 0 Å². The van der Waals surface area contributed by atoms with Crippen molar-refractivity contribution in [3.05, 3.63) is 24.6 Å². The van der Waals surface area contributed by atoms with Crippen LogP contribution in [-0.2, 0) is 4.74 Å². The second-order valence-electron chi connectivity index (χ2n) is 10.0. The molecule has 2 atom stereocenters. The summed E-state index contributed by atoms with van der Waals surface area (Å²) in [6.07, 6.45) is 14.0. The Balaban J connectivity index is -0.000000339. The maximum atomic E-state index is 5.84. The summed E-state index contributed by atoms with van der Waals surface area (Å²) in [4.78, 5) is 0. The zero-order valence-electron chi connectivity index (χ0n) is 29.1. The third-order valence-corrected chi connectivity index (χ3v) is 8.26. The van der Waals surface area contributed by atoms with Crippen LogP contribution >= 0.6 is 23.5 Å². The lowest BCUT2D eigenvalue weighted by Crippen LogP contribution is -2.24. The molecule has 0 saturated heterocycles.